The summed E-state index contributed by atoms with van der Waals surface area (Å²) in [5, 5.41) is 3.64. The van der Waals surface area contributed by atoms with Crippen LogP contribution >= 0.6 is 11.8 Å². The number of hydrogen-bond donors (Lipinski definition) is 1. The first kappa shape index (κ1) is 18.3. The van der Waals surface area contributed by atoms with Crippen molar-refractivity contribution < 1.29 is 4.79 Å². The summed E-state index contributed by atoms with van der Waals surface area (Å²) >= 11 is 1.77. The SMILES string of the molecule is CSc1ccc(CNC2CCN(C(=O)CC(C)(C)C)CC2)cc1. The highest BCUT2D eigenvalue weighted by molar-refractivity contribution is 7.98. The number of carbonyl (C=O) groups is 1. The van der Waals surface area contributed by atoms with Crippen molar-refractivity contribution >= 4 is 17.7 Å². The lowest BCUT2D eigenvalue weighted by molar-refractivity contribution is -0.134. The Balaban J connectivity index is 1.73. The van der Waals surface area contributed by atoms with Gasteiger partial charge in [-0.15, -0.1) is 11.8 Å². The molecule has 1 fully saturated rings. The number of amides is 1. The molecule has 2 rings (SSSR count). The maximum absolute atomic E-state index is 12.3. The minimum Gasteiger partial charge on any atom is -0.343 e. The summed E-state index contributed by atoms with van der Waals surface area (Å²) in [5.74, 6) is 0.309. The smallest absolute Gasteiger partial charge is 0.223 e. The highest BCUT2D eigenvalue weighted by Crippen LogP contribution is 2.22. The number of piperidine rings is 1. The second-order valence-corrected chi connectivity index (χ2v) is 8.50. The number of likely N-dealkylation sites (tertiary alicyclic amines) is 1. The largest absolute Gasteiger partial charge is 0.343 e. The lowest BCUT2D eigenvalue weighted by Gasteiger charge is -2.34. The lowest BCUT2D eigenvalue weighted by Crippen LogP contribution is -2.45. The fourth-order valence-corrected chi connectivity index (χ4v) is 3.31. The molecule has 1 N–H and O–H groups in total. The van der Waals surface area contributed by atoms with Crippen LogP contribution in [0.15, 0.2) is 29.2 Å². The number of nitrogens with one attached hydrogen (secondary N) is 1. The van der Waals surface area contributed by atoms with Gasteiger partial charge in [-0.05, 0) is 42.2 Å². The van der Waals surface area contributed by atoms with Gasteiger partial charge in [-0.25, -0.2) is 0 Å². The Kier molecular flexibility index (Phi) is 6.54. The molecule has 1 aromatic carbocycles. The van der Waals surface area contributed by atoms with Gasteiger partial charge in [0.2, 0.25) is 5.91 Å². The van der Waals surface area contributed by atoms with Crippen LogP contribution in [0.1, 0.15) is 45.6 Å². The van der Waals surface area contributed by atoms with Gasteiger partial charge in [0.05, 0.1) is 0 Å². The number of benzene rings is 1. The van der Waals surface area contributed by atoms with E-state index >= 15 is 0 Å². The van der Waals surface area contributed by atoms with E-state index in [0.717, 1.165) is 32.5 Å². The summed E-state index contributed by atoms with van der Waals surface area (Å²) in [7, 11) is 0. The second-order valence-electron chi connectivity index (χ2n) is 7.62. The van der Waals surface area contributed by atoms with Crippen molar-refractivity contribution in [3.8, 4) is 0 Å². The third-order valence-electron chi connectivity index (χ3n) is 4.28. The highest BCUT2D eigenvalue weighted by atomic mass is 32.2. The predicted molar refractivity (Wildman–Crippen MR) is 98.7 cm³/mol. The molecule has 0 radical (unpaired) electrons. The molecule has 1 amide bonds. The van der Waals surface area contributed by atoms with Crippen molar-refractivity contribution in [2.45, 2.75) is 57.5 Å². The molecule has 23 heavy (non-hydrogen) atoms. The maximum Gasteiger partial charge on any atom is 0.223 e. The predicted octanol–water partition coefficient (Wildman–Crippen LogP) is 3.93. The molecular formula is C19H30N2OS. The third kappa shape index (κ3) is 6.19. The molecule has 0 aliphatic carbocycles. The van der Waals surface area contributed by atoms with E-state index in [2.05, 4.69) is 56.6 Å². The summed E-state index contributed by atoms with van der Waals surface area (Å²) in [5.41, 5.74) is 1.41. The Morgan fingerprint density at radius 3 is 2.35 bits per heavy atom. The molecule has 1 saturated heterocycles. The van der Waals surface area contributed by atoms with Crippen LogP contribution in [0.2, 0.25) is 0 Å². The van der Waals surface area contributed by atoms with Gasteiger partial charge in [0.1, 0.15) is 0 Å². The highest BCUT2D eigenvalue weighted by Gasteiger charge is 2.25. The van der Waals surface area contributed by atoms with E-state index in [-0.39, 0.29) is 5.41 Å². The molecule has 1 aliphatic heterocycles. The van der Waals surface area contributed by atoms with Crippen molar-refractivity contribution in [1.29, 1.82) is 0 Å². The average molecular weight is 335 g/mol. The zero-order chi connectivity index (χ0) is 16.9. The van der Waals surface area contributed by atoms with Crippen molar-refractivity contribution in [3.05, 3.63) is 29.8 Å². The molecule has 0 bridgehead atoms. The molecule has 0 saturated carbocycles. The van der Waals surface area contributed by atoms with E-state index in [1.54, 1.807) is 11.8 Å². The minimum absolute atomic E-state index is 0.0785. The standard InChI is InChI=1S/C19H30N2OS/c1-19(2,3)13-18(22)21-11-9-16(10-12-21)20-14-15-5-7-17(23-4)8-6-15/h5-8,16,20H,9-14H2,1-4H3. The van der Waals surface area contributed by atoms with Crippen molar-refractivity contribution in [2.24, 2.45) is 5.41 Å². The number of nitrogens with zero attached hydrogens (tertiary/aromatic N) is 1. The molecule has 3 nitrogen and oxygen atoms in total. The Morgan fingerprint density at radius 2 is 1.83 bits per heavy atom. The van der Waals surface area contributed by atoms with Gasteiger partial charge in [0, 0.05) is 37.0 Å². The summed E-state index contributed by atoms with van der Waals surface area (Å²) in [6.07, 6.45) is 4.85. The zero-order valence-electron chi connectivity index (χ0n) is 14.9. The van der Waals surface area contributed by atoms with Gasteiger partial charge >= 0.3 is 0 Å². The van der Waals surface area contributed by atoms with Crippen LogP contribution < -0.4 is 5.32 Å². The first-order chi connectivity index (χ1) is 10.9. The van der Waals surface area contributed by atoms with Gasteiger partial charge in [-0.1, -0.05) is 32.9 Å². The van der Waals surface area contributed by atoms with E-state index in [4.69, 9.17) is 0 Å². The fraction of sp³-hybridized carbons (Fsp3) is 0.632. The van der Waals surface area contributed by atoms with Gasteiger partial charge in [-0.3, -0.25) is 4.79 Å². The van der Waals surface area contributed by atoms with E-state index in [0.29, 0.717) is 18.4 Å². The lowest BCUT2D eigenvalue weighted by atomic mass is 9.91. The third-order valence-corrected chi connectivity index (χ3v) is 5.03. The molecule has 1 aliphatic rings. The van der Waals surface area contributed by atoms with Crippen molar-refractivity contribution in [2.75, 3.05) is 19.3 Å². The number of hydrogen-bond acceptors (Lipinski definition) is 3. The quantitative estimate of drug-likeness (QED) is 0.828. The Bertz CT molecular complexity index is 499. The van der Waals surface area contributed by atoms with E-state index in [1.165, 1.54) is 10.5 Å². The van der Waals surface area contributed by atoms with Crippen LogP contribution in [0.25, 0.3) is 0 Å². The Morgan fingerprint density at radius 1 is 1.22 bits per heavy atom. The molecule has 1 heterocycles. The number of rotatable bonds is 5. The first-order valence-corrected chi connectivity index (χ1v) is 9.74. The van der Waals surface area contributed by atoms with Crippen LogP contribution in [-0.2, 0) is 11.3 Å². The summed E-state index contributed by atoms with van der Waals surface area (Å²) < 4.78 is 0. The summed E-state index contributed by atoms with van der Waals surface area (Å²) in [4.78, 5) is 15.6. The second kappa shape index (κ2) is 8.20. The molecule has 0 aromatic heterocycles. The molecule has 128 valence electrons. The van der Waals surface area contributed by atoms with Crippen LogP contribution in [0, 0.1) is 5.41 Å². The van der Waals surface area contributed by atoms with Crippen molar-refractivity contribution in [1.82, 2.24) is 10.2 Å². The topological polar surface area (TPSA) is 32.3 Å². The fourth-order valence-electron chi connectivity index (χ4n) is 2.90. The molecule has 4 heteroatoms. The molecule has 0 spiro atoms. The van der Waals surface area contributed by atoms with Crippen LogP contribution in [0.3, 0.4) is 0 Å². The van der Waals surface area contributed by atoms with E-state index in [9.17, 15) is 4.79 Å². The molecule has 0 atom stereocenters. The van der Waals surface area contributed by atoms with Crippen LogP contribution in [0.5, 0.6) is 0 Å². The minimum atomic E-state index is 0.0785. The monoisotopic (exact) mass is 334 g/mol. The van der Waals surface area contributed by atoms with E-state index in [1.807, 2.05) is 4.90 Å². The Labute approximate surface area is 145 Å². The van der Waals surface area contributed by atoms with Gasteiger partial charge < -0.3 is 10.2 Å². The normalized spacial score (nSPS) is 16.6. The van der Waals surface area contributed by atoms with Crippen molar-refractivity contribution in [3.63, 3.8) is 0 Å². The van der Waals surface area contributed by atoms with E-state index < -0.39 is 0 Å². The average Bonchev–Trinajstić information content (AvgIpc) is 2.52. The molecule has 1 aromatic rings. The molecular weight excluding hydrogens is 304 g/mol. The summed E-state index contributed by atoms with van der Waals surface area (Å²) in [6, 6.07) is 9.26. The maximum atomic E-state index is 12.3. The number of thioether (sulfide) groups is 1. The Hall–Kier alpha value is -1.00. The summed E-state index contributed by atoms with van der Waals surface area (Å²) in [6.45, 7) is 9.07. The van der Waals surface area contributed by atoms with Gasteiger partial charge in [0.25, 0.3) is 0 Å². The first-order valence-electron chi connectivity index (χ1n) is 8.51. The number of carbonyl (C=O) groups excluding carboxylic acids is 1. The van der Waals surface area contributed by atoms with Gasteiger partial charge in [0.15, 0.2) is 0 Å². The zero-order valence-corrected chi connectivity index (χ0v) is 15.7. The van der Waals surface area contributed by atoms with Crippen LogP contribution in [-0.4, -0.2) is 36.2 Å². The molecule has 0 unspecified atom stereocenters. The van der Waals surface area contributed by atoms with Crippen LogP contribution in [0.4, 0.5) is 0 Å². The van der Waals surface area contributed by atoms with Gasteiger partial charge in [-0.2, -0.15) is 0 Å².